The summed E-state index contributed by atoms with van der Waals surface area (Å²) >= 11 is 0. The zero-order valence-corrected chi connectivity index (χ0v) is 11.9. The van der Waals surface area contributed by atoms with E-state index >= 15 is 0 Å². The number of hydrogen-bond donors (Lipinski definition) is 2. The number of rotatable bonds is 4. The number of hydrogen-bond acceptors (Lipinski definition) is 5. The first-order chi connectivity index (χ1) is 9.60. The topological polar surface area (TPSA) is 73.6 Å². The SMILES string of the molecule is Cc1nc(NCC#N)cc(Nc2c(C)cccc2C)n1. The maximum Gasteiger partial charge on any atom is 0.136 e. The predicted molar refractivity (Wildman–Crippen MR) is 80.1 cm³/mol. The molecule has 0 saturated carbocycles. The van der Waals surface area contributed by atoms with Gasteiger partial charge in [0.2, 0.25) is 0 Å². The molecule has 0 saturated heterocycles. The minimum Gasteiger partial charge on any atom is -0.357 e. The average molecular weight is 267 g/mol. The van der Waals surface area contributed by atoms with Crippen LogP contribution in [-0.4, -0.2) is 16.5 Å². The van der Waals surface area contributed by atoms with Crippen molar-refractivity contribution in [1.82, 2.24) is 9.97 Å². The van der Waals surface area contributed by atoms with Crippen molar-refractivity contribution in [3.05, 3.63) is 41.2 Å². The highest BCUT2D eigenvalue weighted by molar-refractivity contribution is 5.65. The summed E-state index contributed by atoms with van der Waals surface area (Å²) in [6, 6.07) is 9.97. The fraction of sp³-hybridized carbons (Fsp3) is 0.267. The maximum absolute atomic E-state index is 8.60. The molecule has 1 heterocycles. The zero-order valence-electron chi connectivity index (χ0n) is 11.9. The molecule has 0 radical (unpaired) electrons. The molecule has 0 spiro atoms. The Bertz CT molecular complexity index is 638. The molecular formula is C15H17N5. The van der Waals surface area contributed by atoms with E-state index in [0.717, 1.165) is 22.6 Å². The molecule has 5 heteroatoms. The van der Waals surface area contributed by atoms with Crippen LogP contribution in [0.25, 0.3) is 0 Å². The van der Waals surface area contributed by atoms with Crippen LogP contribution in [0.5, 0.6) is 0 Å². The quantitative estimate of drug-likeness (QED) is 0.833. The Morgan fingerprint density at radius 3 is 2.40 bits per heavy atom. The van der Waals surface area contributed by atoms with Crippen LogP contribution in [0.3, 0.4) is 0 Å². The lowest BCUT2D eigenvalue weighted by atomic mass is 10.1. The molecule has 0 aliphatic rings. The maximum atomic E-state index is 8.60. The Hall–Kier alpha value is -2.61. The van der Waals surface area contributed by atoms with E-state index in [9.17, 15) is 0 Å². The summed E-state index contributed by atoms with van der Waals surface area (Å²) in [6.07, 6.45) is 0. The van der Waals surface area contributed by atoms with E-state index < -0.39 is 0 Å². The zero-order chi connectivity index (χ0) is 14.5. The van der Waals surface area contributed by atoms with Crippen molar-refractivity contribution in [3.8, 4) is 6.07 Å². The van der Waals surface area contributed by atoms with E-state index in [0.29, 0.717) is 11.6 Å². The third-order valence-electron chi connectivity index (χ3n) is 2.92. The molecule has 102 valence electrons. The van der Waals surface area contributed by atoms with E-state index in [1.54, 1.807) is 6.07 Å². The smallest absolute Gasteiger partial charge is 0.136 e. The second-order valence-corrected chi connectivity index (χ2v) is 4.59. The lowest BCUT2D eigenvalue weighted by Crippen LogP contribution is -2.05. The third-order valence-corrected chi connectivity index (χ3v) is 2.92. The molecule has 0 fully saturated rings. The minimum absolute atomic E-state index is 0.222. The Kier molecular flexibility index (Phi) is 4.16. The fourth-order valence-corrected chi connectivity index (χ4v) is 1.99. The number of nitrogens with one attached hydrogen (secondary N) is 2. The summed E-state index contributed by atoms with van der Waals surface area (Å²) in [6.45, 7) is 6.16. The molecule has 0 atom stereocenters. The Labute approximate surface area is 118 Å². The van der Waals surface area contributed by atoms with Crippen LogP contribution in [0.4, 0.5) is 17.3 Å². The summed E-state index contributed by atoms with van der Waals surface area (Å²) in [5, 5.41) is 14.9. The van der Waals surface area contributed by atoms with Gasteiger partial charge >= 0.3 is 0 Å². The number of nitrogens with zero attached hydrogens (tertiary/aromatic N) is 3. The average Bonchev–Trinajstić information content (AvgIpc) is 2.40. The van der Waals surface area contributed by atoms with Gasteiger partial charge in [-0.25, -0.2) is 9.97 Å². The van der Waals surface area contributed by atoms with Crippen molar-refractivity contribution in [2.45, 2.75) is 20.8 Å². The van der Waals surface area contributed by atoms with Crippen molar-refractivity contribution < 1.29 is 0 Å². The predicted octanol–water partition coefficient (Wildman–Crippen LogP) is 3.08. The lowest BCUT2D eigenvalue weighted by molar-refractivity contribution is 1.05. The number of anilines is 3. The van der Waals surface area contributed by atoms with Crippen molar-refractivity contribution >= 4 is 17.3 Å². The van der Waals surface area contributed by atoms with Crippen molar-refractivity contribution in [3.63, 3.8) is 0 Å². The summed E-state index contributed by atoms with van der Waals surface area (Å²) in [7, 11) is 0. The molecule has 1 aromatic carbocycles. The van der Waals surface area contributed by atoms with E-state index in [2.05, 4.69) is 46.6 Å². The standard InChI is InChI=1S/C15H17N5/c1-10-5-4-6-11(2)15(10)20-14-9-13(17-8-7-16)18-12(3)19-14/h4-6,9H,8H2,1-3H3,(H2,17,18,19,20). The number of nitriles is 1. The Balaban J connectivity index is 2.29. The monoisotopic (exact) mass is 267 g/mol. The highest BCUT2D eigenvalue weighted by Gasteiger charge is 2.06. The normalized spacial score (nSPS) is 9.90. The van der Waals surface area contributed by atoms with E-state index in [1.165, 1.54) is 0 Å². The minimum atomic E-state index is 0.222. The van der Waals surface area contributed by atoms with Crippen LogP contribution in [0.15, 0.2) is 24.3 Å². The van der Waals surface area contributed by atoms with Crippen molar-refractivity contribution in [2.24, 2.45) is 0 Å². The van der Waals surface area contributed by atoms with Gasteiger partial charge in [-0.15, -0.1) is 0 Å². The van der Waals surface area contributed by atoms with Crippen LogP contribution in [0.2, 0.25) is 0 Å². The molecule has 0 aliphatic carbocycles. The second-order valence-electron chi connectivity index (χ2n) is 4.59. The number of para-hydroxylation sites is 1. The summed E-state index contributed by atoms with van der Waals surface area (Å²) in [4.78, 5) is 8.62. The summed E-state index contributed by atoms with van der Waals surface area (Å²) in [5.74, 6) is 2.02. The number of aromatic nitrogens is 2. The van der Waals surface area contributed by atoms with E-state index in [-0.39, 0.29) is 6.54 Å². The number of benzene rings is 1. The molecular weight excluding hydrogens is 250 g/mol. The van der Waals surface area contributed by atoms with Crippen LogP contribution in [0.1, 0.15) is 17.0 Å². The first-order valence-electron chi connectivity index (χ1n) is 6.40. The molecule has 0 unspecified atom stereocenters. The molecule has 2 aromatic rings. The number of aryl methyl sites for hydroxylation is 3. The van der Waals surface area contributed by atoms with Gasteiger partial charge in [0.15, 0.2) is 0 Å². The summed E-state index contributed by atoms with van der Waals surface area (Å²) < 4.78 is 0. The molecule has 2 N–H and O–H groups in total. The van der Waals surface area contributed by atoms with Crippen LogP contribution < -0.4 is 10.6 Å². The molecule has 20 heavy (non-hydrogen) atoms. The highest BCUT2D eigenvalue weighted by atomic mass is 15.1. The van der Waals surface area contributed by atoms with Crippen LogP contribution in [-0.2, 0) is 0 Å². The largest absolute Gasteiger partial charge is 0.357 e. The van der Waals surface area contributed by atoms with Gasteiger partial charge in [-0.2, -0.15) is 5.26 Å². The van der Waals surface area contributed by atoms with Gasteiger partial charge in [0.1, 0.15) is 24.0 Å². The molecule has 0 bridgehead atoms. The molecule has 0 aliphatic heterocycles. The van der Waals surface area contributed by atoms with E-state index in [1.807, 2.05) is 19.1 Å². The third kappa shape index (κ3) is 3.23. The Morgan fingerprint density at radius 2 is 1.75 bits per heavy atom. The molecule has 1 aromatic heterocycles. The molecule has 0 amide bonds. The first-order valence-corrected chi connectivity index (χ1v) is 6.40. The van der Waals surface area contributed by atoms with Crippen LogP contribution >= 0.6 is 0 Å². The lowest BCUT2D eigenvalue weighted by Gasteiger charge is -2.13. The van der Waals surface area contributed by atoms with Gasteiger partial charge in [0, 0.05) is 11.8 Å². The fourth-order valence-electron chi connectivity index (χ4n) is 1.99. The van der Waals surface area contributed by atoms with Gasteiger partial charge in [-0.3, -0.25) is 0 Å². The van der Waals surface area contributed by atoms with Crippen LogP contribution in [0, 0.1) is 32.1 Å². The molecule has 5 nitrogen and oxygen atoms in total. The van der Waals surface area contributed by atoms with Gasteiger partial charge in [0.25, 0.3) is 0 Å². The van der Waals surface area contributed by atoms with Gasteiger partial charge < -0.3 is 10.6 Å². The molecule has 2 rings (SSSR count). The summed E-state index contributed by atoms with van der Waals surface area (Å²) in [5.41, 5.74) is 3.37. The van der Waals surface area contributed by atoms with E-state index in [4.69, 9.17) is 5.26 Å². The highest BCUT2D eigenvalue weighted by Crippen LogP contribution is 2.24. The van der Waals surface area contributed by atoms with Crippen molar-refractivity contribution in [2.75, 3.05) is 17.2 Å². The van der Waals surface area contributed by atoms with Crippen molar-refractivity contribution in [1.29, 1.82) is 5.26 Å². The second kappa shape index (κ2) is 6.02. The Morgan fingerprint density at radius 1 is 1.10 bits per heavy atom. The van der Waals surface area contributed by atoms with Gasteiger partial charge in [0.05, 0.1) is 6.07 Å². The van der Waals surface area contributed by atoms with Gasteiger partial charge in [-0.05, 0) is 31.9 Å². The first kappa shape index (κ1) is 13.8. The van der Waals surface area contributed by atoms with Gasteiger partial charge in [-0.1, -0.05) is 18.2 Å².